The van der Waals surface area contributed by atoms with Gasteiger partial charge < -0.3 is 5.11 Å². The lowest BCUT2D eigenvalue weighted by atomic mass is 9.85. The van der Waals surface area contributed by atoms with Gasteiger partial charge in [0.25, 0.3) is 0 Å². The molecule has 1 unspecified atom stereocenters. The van der Waals surface area contributed by atoms with E-state index in [4.69, 9.17) is 10.5 Å². The standard InChI is InChI=1S/C10H14N2O2/c11-12-7-9(13)6-5-8-3-1-2-4-10(8)14/h7-8H,1-6H2/p+1/b9-7-. The molecule has 4 heteroatoms. The SMILES string of the molecule is N#[N+]/C=C(\O)CCC1CCCCC1=O. The molecule has 14 heavy (non-hydrogen) atoms. The molecule has 1 fully saturated rings. The molecule has 76 valence electrons. The Morgan fingerprint density at radius 1 is 1.64 bits per heavy atom. The zero-order chi connectivity index (χ0) is 10.4. The van der Waals surface area contributed by atoms with E-state index < -0.39 is 0 Å². The summed E-state index contributed by atoms with van der Waals surface area (Å²) in [5.41, 5.74) is 0. The molecule has 0 aromatic rings. The van der Waals surface area contributed by atoms with Gasteiger partial charge in [0.05, 0.1) is 0 Å². The number of aliphatic hydroxyl groups is 1. The third kappa shape index (κ3) is 3.17. The lowest BCUT2D eigenvalue weighted by molar-refractivity contribution is -0.124. The number of hydrogen-bond acceptors (Lipinski definition) is 3. The van der Waals surface area contributed by atoms with Crippen LogP contribution in [0.3, 0.4) is 0 Å². The normalized spacial score (nSPS) is 23.2. The molecule has 0 bridgehead atoms. The summed E-state index contributed by atoms with van der Waals surface area (Å²) in [6.07, 6.45) is 5.81. The van der Waals surface area contributed by atoms with Crippen molar-refractivity contribution in [3.8, 4) is 0 Å². The number of aliphatic hydroxyl groups excluding tert-OH is 1. The van der Waals surface area contributed by atoms with Crippen LogP contribution in [0.15, 0.2) is 12.0 Å². The average Bonchev–Trinajstić information content (AvgIpc) is 2.17. The molecule has 1 saturated carbocycles. The van der Waals surface area contributed by atoms with Crippen molar-refractivity contribution in [2.75, 3.05) is 0 Å². The maximum atomic E-state index is 11.4. The van der Waals surface area contributed by atoms with Gasteiger partial charge in [0.1, 0.15) is 5.78 Å². The van der Waals surface area contributed by atoms with Crippen LogP contribution >= 0.6 is 0 Å². The Balaban J connectivity index is 2.33. The minimum atomic E-state index is 0.0332. The summed E-state index contributed by atoms with van der Waals surface area (Å²) >= 11 is 0. The maximum absolute atomic E-state index is 11.4. The van der Waals surface area contributed by atoms with E-state index in [-0.39, 0.29) is 11.7 Å². The third-order valence-electron chi connectivity index (χ3n) is 2.64. The van der Waals surface area contributed by atoms with Crippen LogP contribution in [0.25, 0.3) is 4.98 Å². The summed E-state index contributed by atoms with van der Waals surface area (Å²) in [6.45, 7) is 0. The average molecular weight is 195 g/mol. The number of hydrogen-bond donors (Lipinski definition) is 1. The molecule has 0 aliphatic heterocycles. The Kier molecular flexibility index (Phi) is 4.11. The molecule has 0 saturated heterocycles. The number of nitrogens with zero attached hydrogens (tertiary/aromatic N) is 2. The van der Waals surface area contributed by atoms with Gasteiger partial charge in [-0.25, -0.2) is 0 Å². The van der Waals surface area contributed by atoms with Gasteiger partial charge in [-0.15, -0.1) is 0 Å². The summed E-state index contributed by atoms with van der Waals surface area (Å²) in [5.74, 6) is 0.439. The predicted molar refractivity (Wildman–Crippen MR) is 52.0 cm³/mol. The van der Waals surface area contributed by atoms with Gasteiger partial charge in [-0.05, 0) is 19.3 Å². The number of carbonyl (C=O) groups is 1. The summed E-state index contributed by atoms with van der Waals surface area (Å²) in [5, 5.41) is 17.3. The second-order valence-electron chi connectivity index (χ2n) is 3.68. The van der Waals surface area contributed by atoms with Crippen LogP contribution in [-0.4, -0.2) is 10.9 Å². The van der Waals surface area contributed by atoms with E-state index in [0.29, 0.717) is 25.0 Å². The molecule has 1 N–H and O–H groups in total. The Hall–Kier alpha value is -1.37. The minimum absolute atomic E-state index is 0.0332. The van der Waals surface area contributed by atoms with Crippen molar-refractivity contribution in [1.82, 2.24) is 0 Å². The highest BCUT2D eigenvalue weighted by molar-refractivity contribution is 5.81. The van der Waals surface area contributed by atoms with Crippen molar-refractivity contribution >= 4 is 5.78 Å². The molecular weight excluding hydrogens is 180 g/mol. The van der Waals surface area contributed by atoms with Crippen LogP contribution in [0.4, 0.5) is 0 Å². The van der Waals surface area contributed by atoms with Crippen molar-refractivity contribution in [3.05, 3.63) is 16.9 Å². The number of ketones is 1. The lowest BCUT2D eigenvalue weighted by Gasteiger charge is -2.19. The van der Waals surface area contributed by atoms with E-state index in [2.05, 4.69) is 4.98 Å². The van der Waals surface area contributed by atoms with Crippen LogP contribution in [0, 0.1) is 11.3 Å². The van der Waals surface area contributed by atoms with E-state index in [1.165, 1.54) is 0 Å². The number of rotatable bonds is 3. The fraction of sp³-hybridized carbons (Fsp3) is 0.700. The van der Waals surface area contributed by atoms with Gasteiger partial charge in [-0.3, -0.25) is 4.79 Å². The zero-order valence-electron chi connectivity index (χ0n) is 8.15. The lowest BCUT2D eigenvalue weighted by Crippen LogP contribution is -2.18. The molecular formula is C10H15N2O2+. The summed E-state index contributed by atoms with van der Waals surface area (Å²) in [4.78, 5) is 14.1. The molecule has 1 atom stereocenters. The van der Waals surface area contributed by atoms with Crippen molar-refractivity contribution in [2.45, 2.75) is 38.5 Å². The predicted octanol–water partition coefficient (Wildman–Crippen LogP) is 2.78. The van der Waals surface area contributed by atoms with E-state index in [0.717, 1.165) is 25.5 Å². The van der Waals surface area contributed by atoms with Crippen LogP contribution < -0.4 is 0 Å². The summed E-state index contributed by atoms with van der Waals surface area (Å²) in [7, 11) is 0. The van der Waals surface area contributed by atoms with E-state index in [9.17, 15) is 4.79 Å². The molecule has 0 heterocycles. The fourth-order valence-electron chi connectivity index (χ4n) is 1.81. The molecule has 4 nitrogen and oxygen atoms in total. The first-order chi connectivity index (χ1) is 6.74. The molecule has 0 spiro atoms. The largest absolute Gasteiger partial charge is 0.505 e. The number of diazo groups is 1. The monoisotopic (exact) mass is 195 g/mol. The minimum Gasteiger partial charge on any atom is -0.505 e. The molecule has 1 rings (SSSR count). The molecule has 1 aliphatic carbocycles. The maximum Gasteiger partial charge on any atom is 0.387 e. The molecule has 1 aliphatic rings. The van der Waals surface area contributed by atoms with Crippen molar-refractivity contribution in [1.29, 1.82) is 5.39 Å². The Morgan fingerprint density at radius 3 is 3.07 bits per heavy atom. The highest BCUT2D eigenvalue weighted by Crippen LogP contribution is 2.25. The number of Topliss-reactive ketones (excluding diaryl/α,β-unsaturated/α-hetero) is 1. The van der Waals surface area contributed by atoms with E-state index in [1.54, 1.807) is 0 Å². The van der Waals surface area contributed by atoms with E-state index >= 15 is 0 Å². The quantitative estimate of drug-likeness (QED) is 0.556. The number of allylic oxidation sites excluding steroid dienone is 1. The summed E-state index contributed by atoms with van der Waals surface area (Å²) < 4.78 is 0. The Morgan fingerprint density at radius 2 is 2.43 bits per heavy atom. The van der Waals surface area contributed by atoms with Gasteiger partial charge in [0.2, 0.25) is 5.39 Å². The van der Waals surface area contributed by atoms with Crippen molar-refractivity contribution in [3.63, 3.8) is 0 Å². The summed E-state index contributed by atoms with van der Waals surface area (Å²) in [6, 6.07) is 0. The molecule has 0 radical (unpaired) electrons. The number of carbonyl (C=O) groups excluding carboxylic acids is 1. The van der Waals surface area contributed by atoms with Gasteiger partial charge in [-0.2, -0.15) is 0 Å². The zero-order valence-corrected chi connectivity index (χ0v) is 8.15. The van der Waals surface area contributed by atoms with Gasteiger partial charge in [-0.1, -0.05) is 6.42 Å². The van der Waals surface area contributed by atoms with E-state index in [1.807, 2.05) is 0 Å². The first-order valence-electron chi connectivity index (χ1n) is 4.99. The first kappa shape index (κ1) is 10.7. The Labute approximate surface area is 83.2 Å². The van der Waals surface area contributed by atoms with Gasteiger partial charge in [0.15, 0.2) is 10.7 Å². The first-order valence-corrected chi connectivity index (χ1v) is 4.99. The van der Waals surface area contributed by atoms with Crippen molar-refractivity contribution < 1.29 is 9.90 Å². The highest BCUT2D eigenvalue weighted by atomic mass is 16.3. The second-order valence-corrected chi connectivity index (χ2v) is 3.68. The van der Waals surface area contributed by atoms with Gasteiger partial charge in [0, 0.05) is 18.8 Å². The molecule has 0 aromatic carbocycles. The third-order valence-corrected chi connectivity index (χ3v) is 2.64. The van der Waals surface area contributed by atoms with Crippen LogP contribution in [0.2, 0.25) is 0 Å². The van der Waals surface area contributed by atoms with Crippen LogP contribution in [0.5, 0.6) is 0 Å². The van der Waals surface area contributed by atoms with Crippen molar-refractivity contribution in [2.24, 2.45) is 5.92 Å². The highest BCUT2D eigenvalue weighted by Gasteiger charge is 2.22. The second kappa shape index (κ2) is 5.38. The smallest absolute Gasteiger partial charge is 0.387 e. The van der Waals surface area contributed by atoms with Crippen LogP contribution in [-0.2, 0) is 4.79 Å². The topological polar surface area (TPSA) is 65.4 Å². The molecule has 0 aromatic heterocycles. The fourth-order valence-corrected chi connectivity index (χ4v) is 1.81. The molecule has 0 amide bonds. The van der Waals surface area contributed by atoms with Gasteiger partial charge >= 0.3 is 6.20 Å². The Bertz CT molecular complexity index is 278. The van der Waals surface area contributed by atoms with Crippen LogP contribution in [0.1, 0.15) is 38.5 Å².